The van der Waals surface area contributed by atoms with Crippen molar-refractivity contribution in [3.05, 3.63) is 69.8 Å². The number of carbonyl (C=O) groups is 1. The molecule has 0 bridgehead atoms. The summed E-state index contributed by atoms with van der Waals surface area (Å²) < 4.78 is 1.98. The minimum absolute atomic E-state index is 0.00142. The number of nitrogens with one attached hydrogen (secondary N) is 1. The molecule has 0 radical (unpaired) electrons. The number of thioether (sulfide) groups is 1. The lowest BCUT2D eigenvalue weighted by molar-refractivity contribution is -0.384. The molecule has 1 amide bonds. The number of hydrogen-bond donors (Lipinski definition) is 1. The van der Waals surface area contributed by atoms with Gasteiger partial charge < -0.3 is 4.57 Å². The van der Waals surface area contributed by atoms with E-state index in [0.717, 1.165) is 11.4 Å². The molecule has 9 nitrogen and oxygen atoms in total. The monoisotopic (exact) mass is 480 g/mol. The van der Waals surface area contributed by atoms with Crippen LogP contribution in [0.5, 0.6) is 0 Å². The predicted octanol–water partition coefficient (Wildman–Crippen LogP) is 4.80. The van der Waals surface area contributed by atoms with Gasteiger partial charge in [0.05, 0.1) is 16.4 Å². The second-order valence-electron chi connectivity index (χ2n) is 8.70. The van der Waals surface area contributed by atoms with Crippen molar-refractivity contribution >= 4 is 29.1 Å². The molecule has 1 N–H and O–H groups in total. The summed E-state index contributed by atoms with van der Waals surface area (Å²) in [5.74, 6) is 0.601. The first-order valence-electron chi connectivity index (χ1n) is 10.8. The third kappa shape index (κ3) is 6.07. The Morgan fingerprint density at radius 2 is 1.76 bits per heavy atom. The first-order valence-corrected chi connectivity index (χ1v) is 11.8. The van der Waals surface area contributed by atoms with Crippen LogP contribution in [-0.2, 0) is 16.8 Å². The van der Waals surface area contributed by atoms with E-state index >= 15 is 0 Å². The van der Waals surface area contributed by atoms with Crippen LogP contribution in [0, 0.1) is 10.1 Å². The van der Waals surface area contributed by atoms with E-state index in [1.807, 2.05) is 23.6 Å². The minimum Gasteiger partial charge on any atom is -0.302 e. The van der Waals surface area contributed by atoms with Gasteiger partial charge in [-0.15, -0.1) is 10.2 Å². The van der Waals surface area contributed by atoms with Crippen molar-refractivity contribution in [2.24, 2.45) is 5.10 Å². The molecule has 34 heavy (non-hydrogen) atoms. The van der Waals surface area contributed by atoms with E-state index in [0.29, 0.717) is 23.0 Å². The summed E-state index contributed by atoms with van der Waals surface area (Å²) in [5.41, 5.74) is 6.05. The number of nitro groups is 1. The highest BCUT2D eigenvalue weighted by molar-refractivity contribution is 7.99. The first kappa shape index (κ1) is 25.1. The summed E-state index contributed by atoms with van der Waals surface area (Å²) in [4.78, 5) is 22.6. The molecule has 1 aromatic heterocycles. The number of rotatable bonds is 8. The van der Waals surface area contributed by atoms with Crippen molar-refractivity contribution in [2.75, 3.05) is 5.75 Å². The lowest BCUT2D eigenvalue weighted by atomic mass is 9.87. The second kappa shape index (κ2) is 10.6. The van der Waals surface area contributed by atoms with E-state index in [1.54, 1.807) is 19.1 Å². The molecule has 3 aromatic rings. The maximum Gasteiger partial charge on any atom is 0.269 e. The Morgan fingerprint density at radius 1 is 1.12 bits per heavy atom. The molecule has 0 aliphatic rings. The van der Waals surface area contributed by atoms with Gasteiger partial charge in [-0.3, -0.25) is 14.9 Å². The van der Waals surface area contributed by atoms with Crippen LogP contribution in [0.25, 0.3) is 11.4 Å². The molecule has 2 aromatic carbocycles. The smallest absolute Gasteiger partial charge is 0.269 e. The van der Waals surface area contributed by atoms with Crippen molar-refractivity contribution in [3.63, 3.8) is 0 Å². The van der Waals surface area contributed by atoms with Crippen LogP contribution in [0.1, 0.15) is 45.7 Å². The van der Waals surface area contributed by atoms with Crippen molar-refractivity contribution in [1.29, 1.82) is 0 Å². The molecule has 1 heterocycles. The summed E-state index contributed by atoms with van der Waals surface area (Å²) >= 11 is 1.29. The minimum atomic E-state index is -0.462. The van der Waals surface area contributed by atoms with Crippen LogP contribution in [0.2, 0.25) is 0 Å². The van der Waals surface area contributed by atoms with Gasteiger partial charge in [0, 0.05) is 24.2 Å². The Hall–Kier alpha value is -3.53. The maximum absolute atomic E-state index is 12.3. The lowest BCUT2D eigenvalue weighted by Gasteiger charge is -2.19. The van der Waals surface area contributed by atoms with Crippen molar-refractivity contribution in [2.45, 2.75) is 51.7 Å². The normalized spacial score (nSPS) is 12.0. The van der Waals surface area contributed by atoms with Crippen LogP contribution < -0.4 is 5.43 Å². The van der Waals surface area contributed by atoms with Gasteiger partial charge in [-0.1, -0.05) is 56.8 Å². The Morgan fingerprint density at radius 3 is 2.32 bits per heavy atom. The van der Waals surface area contributed by atoms with E-state index in [9.17, 15) is 14.9 Å². The molecular formula is C24H28N6O3S. The highest BCUT2D eigenvalue weighted by Crippen LogP contribution is 2.27. The Labute approximate surface area is 202 Å². The number of non-ortho nitro benzene ring substituents is 1. The van der Waals surface area contributed by atoms with Crippen molar-refractivity contribution in [1.82, 2.24) is 20.2 Å². The number of carbonyl (C=O) groups excluding carboxylic acids is 1. The Kier molecular flexibility index (Phi) is 7.83. The number of hydrogen-bond acceptors (Lipinski definition) is 7. The van der Waals surface area contributed by atoms with Gasteiger partial charge in [0.2, 0.25) is 0 Å². The quantitative estimate of drug-likeness (QED) is 0.214. The summed E-state index contributed by atoms with van der Waals surface area (Å²) in [7, 11) is 0. The number of hydrazone groups is 1. The Balaban J connectivity index is 1.63. The molecule has 0 aliphatic carbocycles. The average molecular weight is 481 g/mol. The van der Waals surface area contributed by atoms with Gasteiger partial charge in [-0.25, -0.2) is 5.43 Å². The number of nitrogens with zero attached hydrogens (tertiary/aromatic N) is 5. The third-order valence-electron chi connectivity index (χ3n) is 5.22. The number of benzene rings is 2. The first-order chi connectivity index (χ1) is 16.1. The van der Waals surface area contributed by atoms with Gasteiger partial charge in [0.25, 0.3) is 11.6 Å². The summed E-state index contributed by atoms with van der Waals surface area (Å²) in [6.45, 7) is 10.9. The van der Waals surface area contributed by atoms with E-state index in [-0.39, 0.29) is 22.8 Å². The zero-order valence-electron chi connectivity index (χ0n) is 19.9. The predicted molar refractivity (Wildman–Crippen MR) is 134 cm³/mol. The molecule has 178 valence electrons. The van der Waals surface area contributed by atoms with E-state index in [2.05, 4.69) is 53.6 Å². The zero-order valence-corrected chi connectivity index (χ0v) is 20.7. The van der Waals surface area contributed by atoms with Gasteiger partial charge in [-0.2, -0.15) is 5.10 Å². The van der Waals surface area contributed by atoms with Crippen molar-refractivity contribution in [3.8, 4) is 11.4 Å². The van der Waals surface area contributed by atoms with Crippen molar-refractivity contribution < 1.29 is 9.72 Å². The largest absolute Gasteiger partial charge is 0.302 e. The SMILES string of the molecule is CCn1c(SCC(=O)N/N=C(\C)c2ccc([N+](=O)[O-])cc2)nnc1-c1ccc(C(C)(C)C)cc1. The molecule has 3 rings (SSSR count). The fourth-order valence-corrected chi connectivity index (χ4v) is 4.01. The molecular weight excluding hydrogens is 452 g/mol. The number of aromatic nitrogens is 3. The lowest BCUT2D eigenvalue weighted by Crippen LogP contribution is -2.21. The standard InChI is InChI=1S/C24H28N6O3S/c1-6-29-22(18-7-11-19(12-8-18)24(3,4)5)27-28-23(29)34-15-21(31)26-25-16(2)17-9-13-20(14-10-17)30(32)33/h7-14H,6,15H2,1-5H3,(H,26,31)/b25-16+. The van der Waals surface area contributed by atoms with E-state index < -0.39 is 4.92 Å². The summed E-state index contributed by atoms with van der Waals surface area (Å²) in [5, 5.41) is 24.1. The maximum atomic E-state index is 12.3. The van der Waals surface area contributed by atoms with Gasteiger partial charge in [-0.05, 0) is 42.5 Å². The van der Waals surface area contributed by atoms with E-state index in [4.69, 9.17) is 0 Å². The summed E-state index contributed by atoms with van der Waals surface area (Å²) in [6.07, 6.45) is 0. The topological polar surface area (TPSA) is 115 Å². The van der Waals surface area contributed by atoms with Gasteiger partial charge in [0.1, 0.15) is 0 Å². The average Bonchev–Trinajstić information content (AvgIpc) is 3.23. The highest BCUT2D eigenvalue weighted by Gasteiger charge is 2.17. The molecule has 0 aliphatic heterocycles. The molecule has 0 fully saturated rings. The molecule has 0 unspecified atom stereocenters. The Bertz CT molecular complexity index is 1190. The van der Waals surface area contributed by atoms with Crippen LogP contribution in [-0.4, -0.2) is 37.1 Å². The third-order valence-corrected chi connectivity index (χ3v) is 6.19. The molecule has 0 saturated heterocycles. The van der Waals surface area contributed by atoms with Gasteiger partial charge in [0.15, 0.2) is 11.0 Å². The number of amides is 1. The molecule has 0 spiro atoms. The van der Waals surface area contributed by atoms with Gasteiger partial charge >= 0.3 is 0 Å². The molecule has 0 saturated carbocycles. The van der Waals surface area contributed by atoms with E-state index in [1.165, 1.54) is 29.5 Å². The zero-order chi connectivity index (χ0) is 24.9. The fraction of sp³-hybridized carbons (Fsp3) is 0.333. The summed E-state index contributed by atoms with van der Waals surface area (Å²) in [6, 6.07) is 14.3. The highest BCUT2D eigenvalue weighted by atomic mass is 32.2. The van der Waals surface area contributed by atoms with Crippen LogP contribution >= 0.6 is 11.8 Å². The van der Waals surface area contributed by atoms with Crippen LogP contribution in [0.3, 0.4) is 0 Å². The van der Waals surface area contributed by atoms with Crippen LogP contribution in [0.4, 0.5) is 5.69 Å². The second-order valence-corrected chi connectivity index (χ2v) is 9.65. The fourth-order valence-electron chi connectivity index (χ4n) is 3.21. The molecule has 10 heteroatoms. The number of nitro benzene ring substituents is 1. The van der Waals surface area contributed by atoms with Crippen LogP contribution in [0.15, 0.2) is 58.8 Å². The molecule has 0 atom stereocenters.